The molecule has 0 aliphatic carbocycles. The van der Waals surface area contributed by atoms with E-state index in [0.29, 0.717) is 11.6 Å². The average molecular weight is 482 g/mol. The van der Waals surface area contributed by atoms with E-state index in [1.807, 2.05) is 48.5 Å². The predicted molar refractivity (Wildman–Crippen MR) is 135 cm³/mol. The van der Waals surface area contributed by atoms with Crippen LogP contribution in [-0.2, 0) is 9.53 Å². The van der Waals surface area contributed by atoms with Crippen LogP contribution in [0.15, 0.2) is 53.7 Å². The van der Waals surface area contributed by atoms with Crippen LogP contribution >= 0.6 is 0 Å². The van der Waals surface area contributed by atoms with Crippen LogP contribution in [0, 0.1) is 0 Å². The molecule has 4 rings (SSSR count). The fraction of sp³-hybridized carbons (Fsp3) is 0.462. The topological polar surface area (TPSA) is 104 Å². The highest BCUT2D eigenvalue weighted by atomic mass is 16.5. The van der Waals surface area contributed by atoms with Gasteiger partial charge in [-0.15, -0.1) is 0 Å². The van der Waals surface area contributed by atoms with Gasteiger partial charge in [0.2, 0.25) is 0 Å². The summed E-state index contributed by atoms with van der Waals surface area (Å²) in [6.07, 6.45) is 2.05. The van der Waals surface area contributed by atoms with Crippen LogP contribution < -0.4 is 15.4 Å². The highest BCUT2D eigenvalue weighted by Gasteiger charge is 2.34. The third kappa shape index (κ3) is 5.68. The Morgan fingerprint density at radius 1 is 0.971 bits per heavy atom. The summed E-state index contributed by atoms with van der Waals surface area (Å²) < 4.78 is 10.4. The number of piperazine rings is 1. The molecule has 0 aromatic heterocycles. The highest BCUT2D eigenvalue weighted by Crippen LogP contribution is 2.29. The summed E-state index contributed by atoms with van der Waals surface area (Å²) in [5.74, 6) is 0.670. The van der Waals surface area contributed by atoms with Crippen molar-refractivity contribution in [3.05, 3.63) is 59.7 Å². The Labute approximate surface area is 206 Å². The van der Waals surface area contributed by atoms with E-state index >= 15 is 0 Å². The molecule has 0 saturated carbocycles. The first-order valence-electron chi connectivity index (χ1n) is 12.1. The Bertz CT molecular complexity index is 995. The lowest BCUT2D eigenvalue weighted by Gasteiger charge is -2.44. The summed E-state index contributed by atoms with van der Waals surface area (Å²) in [4.78, 5) is 19.9. The number of carbonyl (C=O) groups excluding carboxylic acids is 1. The van der Waals surface area contributed by atoms with E-state index in [0.717, 1.165) is 69.1 Å². The number of hydrogen-bond donors (Lipinski definition) is 2. The lowest BCUT2D eigenvalue weighted by molar-refractivity contribution is -0.148. The Kier molecular flexibility index (Phi) is 8.09. The minimum Gasteiger partial charge on any atom is -0.497 e. The summed E-state index contributed by atoms with van der Waals surface area (Å²) in [7, 11) is 3.09. The normalized spacial score (nSPS) is 19.4. The van der Waals surface area contributed by atoms with Gasteiger partial charge < -0.3 is 25.3 Å². The molecule has 2 aliphatic heterocycles. The van der Waals surface area contributed by atoms with E-state index in [1.54, 1.807) is 7.11 Å². The third-order valence-corrected chi connectivity index (χ3v) is 7.19. The predicted octanol–water partition coefficient (Wildman–Crippen LogP) is 2.29. The van der Waals surface area contributed by atoms with Crippen molar-refractivity contribution in [3.8, 4) is 5.75 Å². The molecule has 3 N–H and O–H groups in total. The number of benzene rings is 2. The van der Waals surface area contributed by atoms with Crippen molar-refractivity contribution in [2.75, 3.05) is 58.4 Å². The smallest absolute Gasteiger partial charge is 0.327 e. The van der Waals surface area contributed by atoms with Gasteiger partial charge in [0.1, 0.15) is 11.8 Å². The van der Waals surface area contributed by atoms with Crippen LogP contribution in [0.3, 0.4) is 0 Å². The fourth-order valence-corrected chi connectivity index (χ4v) is 5.15. The van der Waals surface area contributed by atoms with Crippen LogP contribution in [0.4, 0.5) is 5.69 Å². The zero-order chi connectivity index (χ0) is 24.8. The second-order valence-electron chi connectivity index (χ2n) is 9.02. The molecule has 35 heavy (non-hydrogen) atoms. The summed E-state index contributed by atoms with van der Waals surface area (Å²) in [6, 6.07) is 15.6. The van der Waals surface area contributed by atoms with Crippen molar-refractivity contribution < 1.29 is 19.5 Å². The first-order valence-corrected chi connectivity index (χ1v) is 12.1. The van der Waals surface area contributed by atoms with Crippen molar-refractivity contribution >= 4 is 17.5 Å². The van der Waals surface area contributed by atoms with Crippen LogP contribution in [-0.4, -0.2) is 86.3 Å². The molecular weight excluding hydrogens is 446 g/mol. The number of methoxy groups -OCH3 is 2. The number of oxime groups is 1. The van der Waals surface area contributed by atoms with Gasteiger partial charge in [0, 0.05) is 56.6 Å². The first kappa shape index (κ1) is 24.8. The summed E-state index contributed by atoms with van der Waals surface area (Å²) >= 11 is 0. The zero-order valence-electron chi connectivity index (χ0n) is 20.5. The molecule has 0 bridgehead atoms. The number of hydrogen-bond acceptors (Lipinski definition) is 8. The number of piperidine rings is 1. The van der Waals surface area contributed by atoms with E-state index in [2.05, 4.69) is 19.9 Å². The summed E-state index contributed by atoms with van der Waals surface area (Å²) in [5.41, 5.74) is 8.46. The number of likely N-dealkylation sites (tertiary alicyclic amines) is 1. The maximum atomic E-state index is 12.7. The van der Waals surface area contributed by atoms with Gasteiger partial charge in [-0.1, -0.05) is 17.3 Å². The SMILES string of the molecule is COC(=O)C(c1ccc(OC)cc1)N1CCC(N2CCN(c3ccc(C(N)=NO)cc3)CC2)CC1. The van der Waals surface area contributed by atoms with Crippen molar-refractivity contribution in [2.45, 2.75) is 24.9 Å². The van der Waals surface area contributed by atoms with Crippen molar-refractivity contribution in [2.24, 2.45) is 10.9 Å². The number of rotatable bonds is 7. The van der Waals surface area contributed by atoms with Gasteiger partial charge in [-0.25, -0.2) is 4.79 Å². The highest BCUT2D eigenvalue weighted by molar-refractivity contribution is 5.97. The van der Waals surface area contributed by atoms with E-state index in [-0.39, 0.29) is 11.8 Å². The van der Waals surface area contributed by atoms with Crippen molar-refractivity contribution in [1.29, 1.82) is 0 Å². The number of esters is 1. The number of carbonyl (C=O) groups is 1. The molecule has 9 nitrogen and oxygen atoms in total. The summed E-state index contributed by atoms with van der Waals surface area (Å²) in [6.45, 7) is 5.63. The van der Waals surface area contributed by atoms with Crippen LogP contribution in [0.5, 0.6) is 5.75 Å². The molecule has 188 valence electrons. The van der Waals surface area contributed by atoms with E-state index in [9.17, 15) is 4.79 Å². The number of amidine groups is 1. The molecule has 0 radical (unpaired) electrons. The Morgan fingerprint density at radius 3 is 2.14 bits per heavy atom. The maximum absolute atomic E-state index is 12.7. The van der Waals surface area contributed by atoms with Gasteiger partial charge in [0.25, 0.3) is 0 Å². The minimum absolute atomic E-state index is 0.120. The molecule has 2 fully saturated rings. The number of nitrogens with zero attached hydrogens (tertiary/aromatic N) is 4. The van der Waals surface area contributed by atoms with Gasteiger partial charge in [0.05, 0.1) is 14.2 Å². The first-order chi connectivity index (χ1) is 17.0. The van der Waals surface area contributed by atoms with Gasteiger partial charge in [-0.3, -0.25) is 9.80 Å². The van der Waals surface area contributed by atoms with Gasteiger partial charge in [0.15, 0.2) is 5.84 Å². The van der Waals surface area contributed by atoms with Gasteiger partial charge >= 0.3 is 5.97 Å². The number of ether oxygens (including phenoxy) is 2. The molecule has 2 aromatic carbocycles. The monoisotopic (exact) mass is 481 g/mol. The second kappa shape index (κ2) is 11.4. The molecule has 1 atom stereocenters. The number of nitrogens with two attached hydrogens (primary N) is 1. The molecule has 0 amide bonds. The van der Waals surface area contributed by atoms with Crippen molar-refractivity contribution in [1.82, 2.24) is 9.80 Å². The molecular formula is C26H35N5O4. The lowest BCUT2D eigenvalue weighted by Crippen LogP contribution is -2.54. The molecule has 1 unspecified atom stereocenters. The van der Waals surface area contributed by atoms with Gasteiger partial charge in [-0.2, -0.15) is 0 Å². The molecule has 2 heterocycles. The largest absolute Gasteiger partial charge is 0.497 e. The quantitative estimate of drug-likeness (QED) is 0.204. The molecule has 2 aliphatic rings. The minimum atomic E-state index is -0.392. The van der Waals surface area contributed by atoms with Gasteiger partial charge in [-0.05, 0) is 54.8 Å². The van der Waals surface area contributed by atoms with Crippen molar-refractivity contribution in [3.63, 3.8) is 0 Å². The molecule has 2 aromatic rings. The molecule has 9 heteroatoms. The van der Waals surface area contributed by atoms with E-state index in [4.69, 9.17) is 20.4 Å². The second-order valence-corrected chi connectivity index (χ2v) is 9.02. The Balaban J connectivity index is 1.31. The van der Waals surface area contributed by atoms with Crippen LogP contribution in [0.1, 0.15) is 30.0 Å². The zero-order valence-corrected chi connectivity index (χ0v) is 20.5. The Hall–Kier alpha value is -3.30. The fourth-order valence-electron chi connectivity index (χ4n) is 5.15. The van der Waals surface area contributed by atoms with E-state index < -0.39 is 6.04 Å². The molecule has 0 spiro atoms. The van der Waals surface area contributed by atoms with Crippen LogP contribution in [0.25, 0.3) is 0 Å². The molecule has 2 saturated heterocycles. The summed E-state index contributed by atoms with van der Waals surface area (Å²) in [5, 5.41) is 11.9. The standard InChI is InChI=1S/C26H35N5O4/c1-34-23-9-5-19(6-10-23)24(26(32)35-2)31-13-11-22(12-14-31)30-17-15-29(16-18-30)21-7-3-20(4-8-21)25(27)28-33/h3-10,22,24,33H,11-18H2,1-2H3,(H2,27,28). The average Bonchev–Trinajstić information content (AvgIpc) is 2.93. The van der Waals surface area contributed by atoms with E-state index in [1.165, 1.54) is 7.11 Å². The number of anilines is 1. The maximum Gasteiger partial charge on any atom is 0.327 e. The lowest BCUT2D eigenvalue weighted by atomic mass is 9.97. The third-order valence-electron chi connectivity index (χ3n) is 7.19. The Morgan fingerprint density at radius 2 is 1.60 bits per heavy atom. The van der Waals surface area contributed by atoms with Crippen LogP contribution in [0.2, 0.25) is 0 Å².